The number of methoxy groups -OCH3 is 1. The topological polar surface area (TPSA) is 113 Å². The average Bonchev–Trinajstić information content (AvgIpc) is 3.66. The fourth-order valence-electron chi connectivity index (χ4n) is 4.13. The van der Waals surface area contributed by atoms with E-state index < -0.39 is 18.0 Å². The smallest absolute Gasteiger partial charge is 0.280 e. The Morgan fingerprint density at radius 2 is 1.98 bits per heavy atom. The number of pyridine rings is 2. The summed E-state index contributed by atoms with van der Waals surface area (Å²) in [7, 11) is 3.24. The highest BCUT2D eigenvalue weighted by Crippen LogP contribution is 2.37. The van der Waals surface area contributed by atoms with E-state index in [1.807, 2.05) is 25.8 Å². The summed E-state index contributed by atoms with van der Waals surface area (Å²) in [6.45, 7) is 4.51. The van der Waals surface area contributed by atoms with Crippen LogP contribution in [0.3, 0.4) is 0 Å². The molecule has 0 radical (unpaired) electrons. The quantitative estimate of drug-likeness (QED) is 0.445. The Balaban J connectivity index is 1.55. The summed E-state index contributed by atoms with van der Waals surface area (Å²) in [6, 6.07) is 2.71. The molecule has 3 aromatic heterocycles. The summed E-state index contributed by atoms with van der Waals surface area (Å²) in [6.07, 6.45) is 1.79. The van der Waals surface area contributed by atoms with Gasteiger partial charge in [0.05, 0.1) is 25.4 Å². The highest BCUT2D eigenvalue weighted by Gasteiger charge is 2.37. The third-order valence-corrected chi connectivity index (χ3v) is 7.64. The molecule has 3 aromatic rings. The summed E-state index contributed by atoms with van der Waals surface area (Å²) in [4.78, 5) is 38.1. The molecule has 0 atom stereocenters. The van der Waals surface area contributed by atoms with Crippen LogP contribution >= 0.6 is 11.3 Å². The van der Waals surface area contributed by atoms with E-state index in [4.69, 9.17) is 4.74 Å². The van der Waals surface area contributed by atoms with Gasteiger partial charge in [0, 0.05) is 35.3 Å². The lowest BCUT2D eigenvalue weighted by Gasteiger charge is -2.44. The summed E-state index contributed by atoms with van der Waals surface area (Å²) in [5, 5.41) is 11.4. The van der Waals surface area contributed by atoms with Crippen LogP contribution in [-0.2, 0) is 4.79 Å². The number of likely N-dealkylation sites (N-methyl/N-ethyl adjacent to an activating group) is 1. The molecule has 0 aromatic carbocycles. The Kier molecular flexibility index (Phi) is 7.48. The first-order chi connectivity index (χ1) is 19.1. The molecule has 0 unspecified atom stereocenters. The van der Waals surface area contributed by atoms with Crippen LogP contribution in [0.2, 0.25) is 0 Å². The number of hydrogen-bond acceptors (Lipinski definition) is 9. The maximum Gasteiger partial charge on any atom is 0.280 e. The van der Waals surface area contributed by atoms with Crippen LogP contribution in [0.15, 0.2) is 24.5 Å². The second kappa shape index (κ2) is 10.9. The molecule has 40 heavy (non-hydrogen) atoms. The Bertz CT molecular complexity index is 1530. The molecule has 5 rings (SSSR count). The molecule has 0 bridgehead atoms. The minimum Gasteiger partial charge on any atom is -0.494 e. The van der Waals surface area contributed by atoms with Crippen molar-refractivity contribution in [3.05, 3.63) is 40.8 Å². The van der Waals surface area contributed by atoms with Crippen LogP contribution in [0.1, 0.15) is 54.2 Å². The van der Waals surface area contributed by atoms with Crippen molar-refractivity contribution in [1.29, 1.82) is 0 Å². The van der Waals surface area contributed by atoms with E-state index in [0.29, 0.717) is 17.5 Å². The van der Waals surface area contributed by atoms with Gasteiger partial charge in [0.2, 0.25) is 11.0 Å². The number of nitrogens with one attached hydrogen (secondary N) is 1. The molecule has 0 spiro atoms. The van der Waals surface area contributed by atoms with Crippen LogP contribution in [0, 0.1) is 17.8 Å². The van der Waals surface area contributed by atoms with Gasteiger partial charge in [-0.05, 0) is 51.8 Å². The van der Waals surface area contributed by atoms with Gasteiger partial charge in [-0.1, -0.05) is 17.3 Å². The number of hydrogen-bond donors (Lipinski definition) is 1. The largest absolute Gasteiger partial charge is 0.494 e. The van der Waals surface area contributed by atoms with Gasteiger partial charge in [0.1, 0.15) is 17.3 Å². The number of aromatic nitrogens is 4. The van der Waals surface area contributed by atoms with Crippen molar-refractivity contribution in [1.82, 2.24) is 25.1 Å². The molecule has 1 N–H and O–H groups in total. The van der Waals surface area contributed by atoms with Gasteiger partial charge in [-0.15, -0.1) is 10.2 Å². The maximum atomic E-state index is 13.6. The highest BCUT2D eigenvalue weighted by atomic mass is 32.1. The maximum absolute atomic E-state index is 13.6. The third-order valence-electron chi connectivity index (χ3n) is 6.89. The van der Waals surface area contributed by atoms with Crippen molar-refractivity contribution in [3.8, 4) is 28.7 Å². The van der Waals surface area contributed by atoms with Crippen molar-refractivity contribution in [2.45, 2.75) is 38.7 Å². The fourth-order valence-corrected chi connectivity index (χ4v) is 4.73. The molecule has 1 saturated carbocycles. The monoisotopic (exact) mass is 567 g/mol. The van der Waals surface area contributed by atoms with E-state index in [2.05, 4.69) is 37.3 Å². The Morgan fingerprint density at radius 3 is 2.67 bits per heavy atom. The molecule has 2 aliphatic rings. The highest BCUT2D eigenvalue weighted by molar-refractivity contribution is 7.15. The van der Waals surface area contributed by atoms with Crippen molar-refractivity contribution in [2.24, 2.45) is 5.92 Å². The van der Waals surface area contributed by atoms with Crippen LogP contribution in [0.25, 0.3) is 11.1 Å². The molecular weight excluding hydrogens is 540 g/mol. The Labute approximate surface area is 233 Å². The van der Waals surface area contributed by atoms with E-state index in [9.17, 15) is 18.4 Å². The number of amides is 2. The zero-order valence-corrected chi connectivity index (χ0v) is 23.2. The summed E-state index contributed by atoms with van der Waals surface area (Å²) < 4.78 is 32.7. The van der Waals surface area contributed by atoms with Crippen LogP contribution in [-0.4, -0.2) is 69.7 Å². The molecule has 13 heteroatoms. The number of piperazine rings is 1. The minimum atomic E-state index is -2.85. The predicted molar refractivity (Wildman–Crippen MR) is 146 cm³/mol. The van der Waals surface area contributed by atoms with Gasteiger partial charge < -0.3 is 4.74 Å². The second-order valence-electron chi connectivity index (χ2n) is 10.3. The SMILES string of the molecule is COc1cnc(C(F)F)cc1-c1cc(N2CC(C)(C)N(C)CC2=O)ncc1C(=O)Nc1nnc(C#CC2CC2)s1. The molecule has 1 aliphatic carbocycles. The number of anilines is 2. The van der Waals surface area contributed by atoms with Gasteiger partial charge in [0.15, 0.2) is 5.01 Å². The second-order valence-corrected chi connectivity index (χ2v) is 11.2. The van der Waals surface area contributed by atoms with Gasteiger partial charge >= 0.3 is 0 Å². The summed E-state index contributed by atoms with van der Waals surface area (Å²) >= 11 is 1.13. The van der Waals surface area contributed by atoms with E-state index in [-0.39, 0.29) is 51.4 Å². The Hall–Kier alpha value is -4.02. The van der Waals surface area contributed by atoms with Crippen LogP contribution < -0.4 is 15.0 Å². The zero-order chi connectivity index (χ0) is 28.6. The number of carbonyl (C=O) groups is 2. The molecule has 208 valence electrons. The molecule has 1 aliphatic heterocycles. The molecule has 10 nitrogen and oxygen atoms in total. The number of carbonyl (C=O) groups excluding carboxylic acids is 2. The van der Waals surface area contributed by atoms with Gasteiger partial charge in [-0.25, -0.2) is 13.8 Å². The fraction of sp³-hybridized carbons (Fsp3) is 0.407. The molecular formula is C27H27F2N7O3S. The lowest BCUT2D eigenvalue weighted by molar-refractivity contribution is -0.123. The van der Waals surface area contributed by atoms with Gasteiger partial charge in [0.25, 0.3) is 12.3 Å². The lowest BCUT2D eigenvalue weighted by Crippen LogP contribution is -2.60. The van der Waals surface area contributed by atoms with E-state index in [0.717, 1.165) is 24.2 Å². The van der Waals surface area contributed by atoms with Gasteiger partial charge in [-0.3, -0.25) is 29.7 Å². The molecule has 4 heterocycles. The number of nitrogens with zero attached hydrogens (tertiary/aromatic N) is 6. The zero-order valence-electron chi connectivity index (χ0n) is 22.4. The number of halogens is 2. The van der Waals surface area contributed by atoms with Gasteiger partial charge in [-0.2, -0.15) is 0 Å². The lowest BCUT2D eigenvalue weighted by atomic mass is 9.97. The van der Waals surface area contributed by atoms with Crippen molar-refractivity contribution in [2.75, 3.05) is 37.5 Å². The predicted octanol–water partition coefficient (Wildman–Crippen LogP) is 4.01. The first-order valence-corrected chi connectivity index (χ1v) is 13.4. The van der Waals surface area contributed by atoms with Crippen LogP contribution in [0.4, 0.5) is 19.7 Å². The first-order valence-electron chi connectivity index (χ1n) is 12.6. The standard InChI is InChI=1S/C27H27F2N7O3S/c1-27(2)14-36(23(37)13-35(27)3)21-10-16(17-9-19(24(28)29)30-12-20(17)39-4)18(11-31-21)25(38)32-26-34-33-22(40-26)8-7-15-5-6-15/h9-12,15,24H,5-6,13-14H2,1-4H3,(H,32,34,38). The number of alkyl halides is 2. The molecule has 2 amide bonds. The minimum absolute atomic E-state index is 0.0649. The Morgan fingerprint density at radius 1 is 1.20 bits per heavy atom. The molecule has 1 saturated heterocycles. The first kappa shape index (κ1) is 27.5. The van der Waals surface area contributed by atoms with E-state index in [1.165, 1.54) is 36.5 Å². The van der Waals surface area contributed by atoms with Crippen molar-refractivity contribution >= 4 is 34.1 Å². The van der Waals surface area contributed by atoms with Crippen molar-refractivity contribution in [3.63, 3.8) is 0 Å². The normalized spacial score (nSPS) is 17.0. The molecule has 2 fully saturated rings. The number of ether oxygens (including phenoxy) is 1. The summed E-state index contributed by atoms with van der Waals surface area (Å²) in [5.41, 5.74) is -0.321. The van der Waals surface area contributed by atoms with E-state index in [1.54, 1.807) is 0 Å². The number of rotatable bonds is 6. The van der Waals surface area contributed by atoms with Crippen molar-refractivity contribution < 1.29 is 23.1 Å². The average molecular weight is 568 g/mol. The van der Waals surface area contributed by atoms with E-state index >= 15 is 0 Å². The third kappa shape index (κ3) is 5.78. The van der Waals surface area contributed by atoms with Crippen LogP contribution in [0.5, 0.6) is 5.75 Å². The summed E-state index contributed by atoms with van der Waals surface area (Å²) in [5.74, 6) is 6.14.